The van der Waals surface area contributed by atoms with Crippen LogP contribution in [0.15, 0.2) is 47.4 Å². The minimum atomic E-state index is -0.0554. The normalized spacial score (nSPS) is 18.7. The van der Waals surface area contributed by atoms with Crippen LogP contribution in [0.1, 0.15) is 30.4 Å². The number of nitrogens with zero attached hydrogens (tertiary/aromatic N) is 3. The molecule has 1 aliphatic heterocycles. The molecule has 1 fully saturated rings. The van der Waals surface area contributed by atoms with E-state index in [1.807, 2.05) is 24.3 Å². The zero-order valence-electron chi connectivity index (χ0n) is 13.2. The highest BCUT2D eigenvalue weighted by Crippen LogP contribution is 2.32. The van der Waals surface area contributed by atoms with Crippen LogP contribution < -0.4 is 5.56 Å². The lowest BCUT2D eigenvalue weighted by molar-refractivity contribution is 0.235. The smallest absolute Gasteiger partial charge is 0.258 e. The largest absolute Gasteiger partial charge is 0.353 e. The Balaban J connectivity index is 1.65. The summed E-state index contributed by atoms with van der Waals surface area (Å²) in [7, 11) is 2.09. The van der Waals surface area contributed by atoms with Crippen LogP contribution >= 0.6 is 0 Å². The quantitative estimate of drug-likeness (QED) is 0.809. The monoisotopic (exact) mass is 308 g/mol. The van der Waals surface area contributed by atoms with Crippen LogP contribution in [0.25, 0.3) is 10.9 Å². The SMILES string of the molecule is Cn1cccc1[C@H]1CCCN1Cc1nc2ccccc2c(=O)[nH]1. The van der Waals surface area contributed by atoms with Crippen molar-refractivity contribution in [2.45, 2.75) is 25.4 Å². The standard InChI is InChI=1S/C18H20N4O/c1-21-10-4-8-15(21)16-9-5-11-22(16)12-17-19-14-7-3-2-6-13(14)18(23)20-17/h2-4,6-8,10,16H,5,9,11-12H2,1H3,(H,19,20,23)/t16-/m1/s1. The third-order valence-corrected chi connectivity index (χ3v) is 4.70. The molecule has 1 N–H and O–H groups in total. The predicted molar refractivity (Wildman–Crippen MR) is 90.2 cm³/mol. The van der Waals surface area contributed by atoms with Crippen LogP contribution in [0.2, 0.25) is 0 Å². The first-order chi connectivity index (χ1) is 11.2. The molecule has 1 saturated heterocycles. The Morgan fingerprint density at radius 1 is 1.26 bits per heavy atom. The van der Waals surface area contributed by atoms with Crippen molar-refractivity contribution in [1.82, 2.24) is 19.4 Å². The Bertz CT molecular complexity index is 895. The van der Waals surface area contributed by atoms with Gasteiger partial charge in [-0.3, -0.25) is 9.69 Å². The zero-order valence-corrected chi connectivity index (χ0v) is 13.2. The second kappa shape index (κ2) is 5.66. The van der Waals surface area contributed by atoms with Crippen LogP contribution in [-0.2, 0) is 13.6 Å². The number of aromatic nitrogens is 3. The zero-order chi connectivity index (χ0) is 15.8. The lowest BCUT2D eigenvalue weighted by atomic mass is 10.1. The lowest BCUT2D eigenvalue weighted by Crippen LogP contribution is -2.26. The highest BCUT2D eigenvalue weighted by molar-refractivity contribution is 5.77. The minimum Gasteiger partial charge on any atom is -0.353 e. The van der Waals surface area contributed by atoms with E-state index in [-0.39, 0.29) is 5.56 Å². The molecule has 0 unspecified atom stereocenters. The molecule has 5 heteroatoms. The summed E-state index contributed by atoms with van der Waals surface area (Å²) in [5.74, 6) is 0.745. The third-order valence-electron chi connectivity index (χ3n) is 4.70. The Kier molecular flexibility index (Phi) is 3.50. The van der Waals surface area contributed by atoms with Crippen molar-refractivity contribution in [1.29, 1.82) is 0 Å². The molecule has 118 valence electrons. The van der Waals surface area contributed by atoms with Gasteiger partial charge in [0.05, 0.1) is 23.5 Å². The average molecular weight is 308 g/mol. The van der Waals surface area contributed by atoms with Crippen molar-refractivity contribution >= 4 is 10.9 Å². The number of benzene rings is 1. The van der Waals surface area contributed by atoms with Crippen molar-refractivity contribution in [3.63, 3.8) is 0 Å². The van der Waals surface area contributed by atoms with Gasteiger partial charge in [-0.1, -0.05) is 12.1 Å². The van der Waals surface area contributed by atoms with Crippen LogP contribution in [0.3, 0.4) is 0 Å². The molecule has 2 aromatic heterocycles. The van der Waals surface area contributed by atoms with Crippen molar-refractivity contribution in [3.05, 3.63) is 64.5 Å². The van der Waals surface area contributed by atoms with Gasteiger partial charge in [-0.15, -0.1) is 0 Å². The van der Waals surface area contributed by atoms with E-state index in [1.165, 1.54) is 12.1 Å². The topological polar surface area (TPSA) is 53.9 Å². The second-order valence-corrected chi connectivity index (χ2v) is 6.20. The number of H-pyrrole nitrogens is 1. The molecule has 1 atom stereocenters. The van der Waals surface area contributed by atoms with Crippen molar-refractivity contribution in [2.75, 3.05) is 6.54 Å². The molecule has 1 aliphatic rings. The van der Waals surface area contributed by atoms with Gasteiger partial charge < -0.3 is 9.55 Å². The van der Waals surface area contributed by atoms with E-state index in [4.69, 9.17) is 0 Å². The second-order valence-electron chi connectivity index (χ2n) is 6.20. The molecule has 0 spiro atoms. The summed E-state index contributed by atoms with van der Waals surface area (Å²) in [4.78, 5) is 22.2. The van der Waals surface area contributed by atoms with Gasteiger partial charge in [-0.25, -0.2) is 4.98 Å². The molecule has 0 bridgehead atoms. The van der Waals surface area contributed by atoms with E-state index in [0.717, 1.165) is 24.3 Å². The van der Waals surface area contributed by atoms with Gasteiger partial charge in [0.1, 0.15) is 5.82 Å². The molecular weight excluding hydrogens is 288 g/mol. The predicted octanol–water partition coefficient (Wildman–Crippen LogP) is 2.60. The van der Waals surface area contributed by atoms with Gasteiger partial charge in [0.2, 0.25) is 0 Å². The fourth-order valence-electron chi connectivity index (χ4n) is 3.57. The summed E-state index contributed by atoms with van der Waals surface area (Å²) in [5.41, 5.74) is 2.03. The van der Waals surface area contributed by atoms with Crippen LogP contribution in [0, 0.1) is 0 Å². The Morgan fingerprint density at radius 3 is 2.96 bits per heavy atom. The highest BCUT2D eigenvalue weighted by Gasteiger charge is 2.28. The molecule has 3 aromatic rings. The molecule has 1 aromatic carbocycles. The maximum absolute atomic E-state index is 12.2. The van der Waals surface area contributed by atoms with E-state index in [1.54, 1.807) is 0 Å². The van der Waals surface area contributed by atoms with Gasteiger partial charge >= 0.3 is 0 Å². The van der Waals surface area contributed by atoms with Gasteiger partial charge in [0.25, 0.3) is 5.56 Å². The number of rotatable bonds is 3. The van der Waals surface area contributed by atoms with Crippen molar-refractivity contribution < 1.29 is 0 Å². The Hall–Kier alpha value is -2.40. The lowest BCUT2D eigenvalue weighted by Gasteiger charge is -2.24. The first-order valence-corrected chi connectivity index (χ1v) is 8.05. The fourth-order valence-corrected chi connectivity index (χ4v) is 3.57. The highest BCUT2D eigenvalue weighted by atomic mass is 16.1. The number of fused-ring (bicyclic) bond motifs is 1. The van der Waals surface area contributed by atoms with Crippen molar-refractivity contribution in [3.8, 4) is 0 Å². The number of para-hydroxylation sites is 1. The maximum Gasteiger partial charge on any atom is 0.258 e. The van der Waals surface area contributed by atoms with Gasteiger partial charge in [0.15, 0.2) is 0 Å². The van der Waals surface area contributed by atoms with E-state index < -0.39 is 0 Å². The molecular formula is C18H20N4O. The van der Waals surface area contributed by atoms with Gasteiger partial charge in [-0.05, 0) is 43.7 Å². The molecule has 0 aliphatic carbocycles. The molecule has 4 rings (SSSR count). The van der Waals surface area contributed by atoms with Crippen LogP contribution in [0.5, 0.6) is 0 Å². The molecule has 3 heterocycles. The first kappa shape index (κ1) is 14.2. The molecule has 0 saturated carbocycles. The van der Waals surface area contributed by atoms with Gasteiger partial charge in [-0.2, -0.15) is 0 Å². The molecule has 0 radical (unpaired) electrons. The molecule has 5 nitrogen and oxygen atoms in total. The van der Waals surface area contributed by atoms with Gasteiger partial charge in [0, 0.05) is 18.9 Å². The summed E-state index contributed by atoms with van der Waals surface area (Å²) in [5, 5.41) is 0.650. The Labute approximate surface area is 134 Å². The van der Waals surface area contributed by atoms with Crippen LogP contribution in [0.4, 0.5) is 0 Å². The summed E-state index contributed by atoms with van der Waals surface area (Å²) < 4.78 is 2.18. The van der Waals surface area contributed by atoms with E-state index in [0.29, 0.717) is 18.0 Å². The van der Waals surface area contributed by atoms with E-state index in [9.17, 15) is 4.79 Å². The summed E-state index contributed by atoms with van der Waals surface area (Å²) in [6.45, 7) is 1.71. The first-order valence-electron chi connectivity index (χ1n) is 8.05. The number of aromatic amines is 1. The fraction of sp³-hybridized carbons (Fsp3) is 0.333. The maximum atomic E-state index is 12.2. The Morgan fingerprint density at radius 2 is 2.13 bits per heavy atom. The number of nitrogens with one attached hydrogen (secondary N) is 1. The minimum absolute atomic E-state index is 0.0554. The number of hydrogen-bond acceptors (Lipinski definition) is 3. The number of likely N-dealkylation sites (tertiary alicyclic amines) is 1. The number of aryl methyl sites for hydroxylation is 1. The molecule has 0 amide bonds. The van der Waals surface area contributed by atoms with E-state index >= 15 is 0 Å². The number of hydrogen-bond donors (Lipinski definition) is 1. The average Bonchev–Trinajstić information content (AvgIpc) is 3.16. The summed E-state index contributed by atoms with van der Waals surface area (Å²) >= 11 is 0. The summed E-state index contributed by atoms with van der Waals surface area (Å²) in [6, 6.07) is 12.2. The third kappa shape index (κ3) is 2.57. The van der Waals surface area contributed by atoms with Crippen LogP contribution in [-0.4, -0.2) is 26.0 Å². The molecule has 23 heavy (non-hydrogen) atoms. The van der Waals surface area contributed by atoms with Crippen molar-refractivity contribution in [2.24, 2.45) is 7.05 Å². The van der Waals surface area contributed by atoms with E-state index in [2.05, 4.69) is 44.8 Å². The summed E-state index contributed by atoms with van der Waals surface area (Å²) in [6.07, 6.45) is 4.41.